The van der Waals surface area contributed by atoms with Gasteiger partial charge in [-0.1, -0.05) is 6.07 Å². The van der Waals surface area contributed by atoms with Crippen molar-refractivity contribution in [1.82, 2.24) is 5.32 Å². The molecule has 0 aromatic heterocycles. The maximum Gasteiger partial charge on any atom is 0.239 e. The summed E-state index contributed by atoms with van der Waals surface area (Å²) in [6, 6.07) is 4.50. The Morgan fingerprint density at radius 1 is 1.56 bits per heavy atom. The smallest absolute Gasteiger partial charge is 0.239 e. The molecule has 100 valence electrons. The second-order valence-electron chi connectivity index (χ2n) is 4.20. The highest BCUT2D eigenvalue weighted by Crippen LogP contribution is 2.22. The number of aliphatic hydroxyl groups excluding tert-OH is 1. The first kappa shape index (κ1) is 14.4. The Balaban J connectivity index is 2.80. The van der Waals surface area contributed by atoms with E-state index in [-0.39, 0.29) is 12.5 Å². The van der Waals surface area contributed by atoms with Gasteiger partial charge in [-0.05, 0) is 31.5 Å². The van der Waals surface area contributed by atoms with Gasteiger partial charge in [0.1, 0.15) is 5.82 Å². The van der Waals surface area contributed by atoms with Gasteiger partial charge in [0.15, 0.2) is 0 Å². The van der Waals surface area contributed by atoms with Crippen molar-refractivity contribution in [1.29, 1.82) is 0 Å². The van der Waals surface area contributed by atoms with E-state index in [0.29, 0.717) is 17.8 Å². The van der Waals surface area contributed by atoms with E-state index in [0.717, 1.165) is 0 Å². The molecule has 0 bridgehead atoms. The van der Waals surface area contributed by atoms with Crippen LogP contribution in [-0.2, 0) is 4.79 Å². The number of halogens is 1. The minimum atomic E-state index is -0.706. The molecule has 0 aliphatic carbocycles. The lowest BCUT2D eigenvalue weighted by molar-refractivity contribution is -0.119. The fourth-order valence-electron chi connectivity index (χ4n) is 1.65. The fourth-order valence-corrected chi connectivity index (χ4v) is 1.65. The van der Waals surface area contributed by atoms with Crippen LogP contribution in [0.15, 0.2) is 18.2 Å². The van der Waals surface area contributed by atoms with E-state index in [4.69, 9.17) is 0 Å². The number of likely N-dealkylation sites (N-methyl/N-ethyl adjacent to an activating group) is 2. The van der Waals surface area contributed by atoms with Crippen LogP contribution >= 0.6 is 0 Å². The van der Waals surface area contributed by atoms with Gasteiger partial charge in [-0.25, -0.2) is 4.39 Å². The summed E-state index contributed by atoms with van der Waals surface area (Å²) in [4.78, 5) is 12.9. The van der Waals surface area contributed by atoms with E-state index >= 15 is 0 Å². The van der Waals surface area contributed by atoms with Gasteiger partial charge in [-0.3, -0.25) is 4.79 Å². The summed E-state index contributed by atoms with van der Waals surface area (Å²) in [5.41, 5.74) is 0.855. The van der Waals surface area contributed by atoms with Gasteiger partial charge >= 0.3 is 0 Å². The zero-order valence-electron chi connectivity index (χ0n) is 10.9. The van der Waals surface area contributed by atoms with Crippen LogP contribution in [0.25, 0.3) is 0 Å². The summed E-state index contributed by atoms with van der Waals surface area (Å²) in [6.07, 6.45) is -0.706. The Morgan fingerprint density at radius 3 is 2.72 bits per heavy atom. The molecule has 1 rings (SSSR count). The third-order valence-corrected chi connectivity index (χ3v) is 2.62. The van der Waals surface area contributed by atoms with E-state index in [1.165, 1.54) is 11.0 Å². The third kappa shape index (κ3) is 3.70. The highest BCUT2D eigenvalue weighted by Gasteiger charge is 2.12. The zero-order chi connectivity index (χ0) is 13.7. The van der Waals surface area contributed by atoms with E-state index in [1.807, 2.05) is 6.92 Å². The van der Waals surface area contributed by atoms with Gasteiger partial charge in [-0.15, -0.1) is 0 Å². The lowest BCUT2D eigenvalue weighted by Gasteiger charge is -2.20. The summed E-state index contributed by atoms with van der Waals surface area (Å²) in [5.74, 6) is -0.598. The maximum absolute atomic E-state index is 13.8. The first-order valence-electron chi connectivity index (χ1n) is 5.91. The summed E-state index contributed by atoms with van der Waals surface area (Å²) in [7, 11) is 1.65. The molecule has 0 saturated carbocycles. The number of nitrogens with zero attached hydrogens (tertiary/aromatic N) is 1. The molecule has 0 spiro atoms. The molecule has 18 heavy (non-hydrogen) atoms. The van der Waals surface area contributed by atoms with Crippen molar-refractivity contribution in [2.75, 3.05) is 25.0 Å². The number of nitrogens with one attached hydrogen (secondary N) is 1. The van der Waals surface area contributed by atoms with Crippen LogP contribution in [0.2, 0.25) is 0 Å². The van der Waals surface area contributed by atoms with Crippen molar-refractivity contribution in [2.45, 2.75) is 20.0 Å². The molecule has 0 fully saturated rings. The van der Waals surface area contributed by atoms with E-state index in [9.17, 15) is 14.3 Å². The van der Waals surface area contributed by atoms with Crippen LogP contribution in [0.3, 0.4) is 0 Å². The van der Waals surface area contributed by atoms with Gasteiger partial charge in [-0.2, -0.15) is 0 Å². The normalized spacial score (nSPS) is 12.1. The fraction of sp³-hybridized carbons (Fsp3) is 0.462. The first-order chi connectivity index (χ1) is 8.45. The van der Waals surface area contributed by atoms with Crippen LogP contribution < -0.4 is 10.2 Å². The molecule has 0 heterocycles. The molecule has 0 aliphatic rings. The molecule has 0 saturated heterocycles. The number of anilines is 1. The largest absolute Gasteiger partial charge is 0.389 e. The van der Waals surface area contributed by atoms with E-state index < -0.39 is 11.9 Å². The Kier molecular flexibility index (Phi) is 5.09. The van der Waals surface area contributed by atoms with Gasteiger partial charge in [0.25, 0.3) is 0 Å². The second kappa shape index (κ2) is 6.35. The number of rotatable bonds is 5. The van der Waals surface area contributed by atoms with Crippen molar-refractivity contribution < 1.29 is 14.3 Å². The lowest BCUT2D eigenvalue weighted by atomic mass is 10.1. The summed E-state index contributed by atoms with van der Waals surface area (Å²) >= 11 is 0. The van der Waals surface area contributed by atoms with Crippen molar-refractivity contribution in [3.8, 4) is 0 Å². The molecule has 1 aromatic carbocycles. The van der Waals surface area contributed by atoms with Gasteiger partial charge in [0.2, 0.25) is 5.91 Å². The Labute approximate surface area is 106 Å². The van der Waals surface area contributed by atoms with Crippen LogP contribution in [0.4, 0.5) is 10.1 Å². The maximum atomic E-state index is 13.8. The topological polar surface area (TPSA) is 52.6 Å². The van der Waals surface area contributed by atoms with E-state index in [1.54, 1.807) is 26.1 Å². The molecule has 0 unspecified atom stereocenters. The molecule has 2 N–H and O–H groups in total. The van der Waals surface area contributed by atoms with Crippen LogP contribution in [-0.4, -0.2) is 31.2 Å². The standard InChI is InChI=1S/C13H19FN2O2/c1-4-15-13(18)8-16(3)12-6-5-10(9(2)17)7-11(12)14/h5-7,9,17H,4,8H2,1-3H3,(H,15,18)/t9-/m0/s1. The number of carbonyl (C=O) groups is 1. The predicted octanol–water partition coefficient (Wildman–Crippen LogP) is 1.45. The second-order valence-corrected chi connectivity index (χ2v) is 4.20. The third-order valence-electron chi connectivity index (χ3n) is 2.62. The van der Waals surface area contributed by atoms with Crippen molar-refractivity contribution in [2.24, 2.45) is 0 Å². The molecule has 0 aliphatic heterocycles. The summed E-state index contributed by atoms with van der Waals surface area (Å²) in [5, 5.41) is 12.0. The molecular formula is C13H19FN2O2. The summed E-state index contributed by atoms with van der Waals surface area (Å²) < 4.78 is 13.8. The highest BCUT2D eigenvalue weighted by molar-refractivity contribution is 5.81. The first-order valence-corrected chi connectivity index (χ1v) is 5.91. The van der Waals surface area contributed by atoms with Gasteiger partial charge < -0.3 is 15.3 Å². The monoisotopic (exact) mass is 254 g/mol. The molecule has 4 nitrogen and oxygen atoms in total. The molecular weight excluding hydrogens is 235 g/mol. The Hall–Kier alpha value is -1.62. The minimum Gasteiger partial charge on any atom is -0.389 e. The minimum absolute atomic E-state index is 0.0960. The number of hydrogen-bond donors (Lipinski definition) is 2. The average Bonchev–Trinajstić information content (AvgIpc) is 2.28. The summed E-state index contributed by atoms with van der Waals surface area (Å²) in [6.45, 7) is 4.05. The predicted molar refractivity (Wildman–Crippen MR) is 69.0 cm³/mol. The number of amides is 1. The molecule has 0 radical (unpaired) electrons. The van der Waals surface area contributed by atoms with Gasteiger partial charge in [0.05, 0.1) is 18.3 Å². The average molecular weight is 254 g/mol. The van der Waals surface area contributed by atoms with Crippen LogP contribution in [0.5, 0.6) is 0 Å². The van der Waals surface area contributed by atoms with E-state index in [2.05, 4.69) is 5.32 Å². The highest BCUT2D eigenvalue weighted by atomic mass is 19.1. The molecule has 1 aromatic rings. The Morgan fingerprint density at radius 2 is 2.22 bits per heavy atom. The number of benzene rings is 1. The van der Waals surface area contributed by atoms with Crippen molar-refractivity contribution in [3.63, 3.8) is 0 Å². The molecule has 5 heteroatoms. The van der Waals surface area contributed by atoms with Crippen molar-refractivity contribution >= 4 is 11.6 Å². The number of carbonyl (C=O) groups excluding carboxylic acids is 1. The lowest BCUT2D eigenvalue weighted by Crippen LogP contribution is -2.35. The SMILES string of the molecule is CCNC(=O)CN(C)c1ccc([C@H](C)O)cc1F. The zero-order valence-corrected chi connectivity index (χ0v) is 10.9. The molecule has 1 amide bonds. The van der Waals surface area contributed by atoms with Gasteiger partial charge in [0, 0.05) is 13.6 Å². The number of aliphatic hydroxyl groups is 1. The van der Waals surface area contributed by atoms with Crippen molar-refractivity contribution in [3.05, 3.63) is 29.6 Å². The molecule has 1 atom stereocenters. The Bertz CT molecular complexity index is 421. The van der Waals surface area contributed by atoms with Crippen LogP contribution in [0.1, 0.15) is 25.5 Å². The quantitative estimate of drug-likeness (QED) is 0.836. The number of hydrogen-bond acceptors (Lipinski definition) is 3. The van der Waals surface area contributed by atoms with Crippen LogP contribution in [0, 0.1) is 5.82 Å².